The molecule has 0 saturated carbocycles. The van der Waals surface area contributed by atoms with E-state index in [1.54, 1.807) is 18.0 Å². The van der Waals surface area contributed by atoms with Gasteiger partial charge in [0.2, 0.25) is 0 Å². The number of aromatic nitrogens is 2. The average molecular weight is 245 g/mol. The maximum absolute atomic E-state index is 4.52. The molecule has 2 aromatic heterocycles. The van der Waals surface area contributed by atoms with Crippen molar-refractivity contribution in [3.8, 4) is 0 Å². The van der Waals surface area contributed by atoms with Crippen molar-refractivity contribution in [1.29, 1.82) is 0 Å². The van der Waals surface area contributed by atoms with Gasteiger partial charge in [0.05, 0.1) is 0 Å². The van der Waals surface area contributed by atoms with Crippen LogP contribution in [0.5, 0.6) is 0 Å². The molecule has 0 aromatic carbocycles. The van der Waals surface area contributed by atoms with Crippen molar-refractivity contribution in [2.24, 2.45) is 0 Å². The highest BCUT2D eigenvalue weighted by Gasteiger charge is 2.00. The Bertz CT molecular complexity index is 459. The first-order chi connectivity index (χ1) is 8.38. The predicted molar refractivity (Wildman–Crippen MR) is 71.4 cm³/mol. The lowest BCUT2D eigenvalue weighted by atomic mass is 10.4. The Kier molecular flexibility index (Phi) is 4.38. The lowest BCUT2D eigenvalue weighted by Crippen LogP contribution is -2.01. The van der Waals surface area contributed by atoms with Crippen molar-refractivity contribution in [1.82, 2.24) is 9.97 Å². The maximum Gasteiger partial charge on any atom is 0.127 e. The molecule has 2 aromatic rings. The second-order valence-electron chi connectivity index (χ2n) is 3.56. The molecule has 0 unspecified atom stereocenters. The number of anilines is 1. The van der Waals surface area contributed by atoms with Gasteiger partial charge in [0.1, 0.15) is 15.9 Å². The molecule has 0 fully saturated rings. The van der Waals surface area contributed by atoms with Crippen LogP contribution in [0.15, 0.2) is 52.6 Å². The normalized spacial score (nSPS) is 10.2. The smallest absolute Gasteiger partial charge is 0.127 e. The molecule has 2 heterocycles. The Labute approximate surface area is 106 Å². The molecular formula is C13H15N3S. The molecule has 17 heavy (non-hydrogen) atoms. The van der Waals surface area contributed by atoms with Crippen LogP contribution in [0.1, 0.15) is 13.3 Å². The molecule has 3 nitrogen and oxygen atoms in total. The summed E-state index contributed by atoms with van der Waals surface area (Å²) >= 11 is 1.57. The van der Waals surface area contributed by atoms with Crippen LogP contribution in [0.25, 0.3) is 0 Å². The van der Waals surface area contributed by atoms with Crippen molar-refractivity contribution >= 4 is 17.6 Å². The molecule has 0 amide bonds. The molecule has 4 heteroatoms. The highest BCUT2D eigenvalue weighted by atomic mass is 32.2. The highest BCUT2D eigenvalue weighted by Crippen LogP contribution is 2.24. The van der Waals surface area contributed by atoms with Gasteiger partial charge in [-0.15, -0.1) is 0 Å². The number of hydrogen-bond donors (Lipinski definition) is 1. The van der Waals surface area contributed by atoms with Crippen LogP contribution in [0.4, 0.5) is 5.82 Å². The van der Waals surface area contributed by atoms with Gasteiger partial charge in [0.25, 0.3) is 0 Å². The molecule has 0 aliphatic carbocycles. The van der Waals surface area contributed by atoms with Crippen LogP contribution in [0.2, 0.25) is 0 Å². The van der Waals surface area contributed by atoms with E-state index in [1.807, 2.05) is 36.4 Å². The number of nitrogens with one attached hydrogen (secondary N) is 1. The van der Waals surface area contributed by atoms with Crippen LogP contribution < -0.4 is 5.32 Å². The Balaban J connectivity index is 2.06. The van der Waals surface area contributed by atoms with Gasteiger partial charge in [0.15, 0.2) is 0 Å². The van der Waals surface area contributed by atoms with Crippen LogP contribution in [-0.4, -0.2) is 16.5 Å². The van der Waals surface area contributed by atoms with Crippen molar-refractivity contribution in [3.05, 3.63) is 42.6 Å². The molecule has 0 aliphatic heterocycles. The Hall–Kier alpha value is -1.55. The van der Waals surface area contributed by atoms with E-state index < -0.39 is 0 Å². The molecule has 88 valence electrons. The highest BCUT2D eigenvalue weighted by molar-refractivity contribution is 7.99. The van der Waals surface area contributed by atoms with Crippen LogP contribution in [-0.2, 0) is 0 Å². The van der Waals surface area contributed by atoms with Gasteiger partial charge in [0, 0.05) is 12.7 Å². The molecule has 0 saturated heterocycles. The van der Waals surface area contributed by atoms with E-state index in [4.69, 9.17) is 0 Å². The maximum atomic E-state index is 4.52. The average Bonchev–Trinajstić information content (AvgIpc) is 2.38. The third-order valence-electron chi connectivity index (χ3n) is 2.13. The number of nitrogens with zero attached hydrogens (tertiary/aromatic N) is 2. The molecule has 0 radical (unpaired) electrons. The summed E-state index contributed by atoms with van der Waals surface area (Å²) in [5.74, 6) is 0.924. The first kappa shape index (κ1) is 11.9. The summed E-state index contributed by atoms with van der Waals surface area (Å²) in [5.41, 5.74) is 0. The van der Waals surface area contributed by atoms with Crippen molar-refractivity contribution < 1.29 is 0 Å². The number of hydrogen-bond acceptors (Lipinski definition) is 4. The summed E-state index contributed by atoms with van der Waals surface area (Å²) in [6, 6.07) is 11.9. The summed E-state index contributed by atoms with van der Waals surface area (Å²) in [6.07, 6.45) is 2.89. The fraction of sp³-hybridized carbons (Fsp3) is 0.231. The fourth-order valence-electron chi connectivity index (χ4n) is 1.34. The summed E-state index contributed by atoms with van der Waals surface area (Å²) < 4.78 is 0. The second-order valence-corrected chi connectivity index (χ2v) is 4.60. The van der Waals surface area contributed by atoms with E-state index in [2.05, 4.69) is 22.2 Å². The lowest BCUT2D eigenvalue weighted by molar-refractivity contribution is 0.959. The molecule has 1 N–H and O–H groups in total. The van der Waals surface area contributed by atoms with Crippen molar-refractivity contribution in [2.75, 3.05) is 11.9 Å². The van der Waals surface area contributed by atoms with Gasteiger partial charge in [-0.3, -0.25) is 0 Å². The zero-order valence-corrected chi connectivity index (χ0v) is 10.6. The minimum absolute atomic E-state index is 0.924. The first-order valence-electron chi connectivity index (χ1n) is 5.68. The number of rotatable bonds is 5. The topological polar surface area (TPSA) is 37.8 Å². The molecule has 0 aliphatic rings. The third kappa shape index (κ3) is 3.75. The Morgan fingerprint density at radius 1 is 1.12 bits per heavy atom. The van der Waals surface area contributed by atoms with E-state index in [9.17, 15) is 0 Å². The SMILES string of the molecule is CCCNc1cccc(Sc2ccccn2)n1. The van der Waals surface area contributed by atoms with E-state index in [0.29, 0.717) is 0 Å². The van der Waals surface area contributed by atoms with Gasteiger partial charge in [-0.2, -0.15) is 0 Å². The zero-order chi connectivity index (χ0) is 11.9. The minimum Gasteiger partial charge on any atom is -0.370 e. The molecular weight excluding hydrogens is 230 g/mol. The van der Waals surface area contributed by atoms with Crippen molar-refractivity contribution in [2.45, 2.75) is 23.4 Å². The molecule has 0 bridgehead atoms. The van der Waals surface area contributed by atoms with Gasteiger partial charge < -0.3 is 5.32 Å². The predicted octanol–water partition coefficient (Wildman–Crippen LogP) is 3.45. The molecule has 0 atom stereocenters. The van der Waals surface area contributed by atoms with Crippen LogP contribution >= 0.6 is 11.8 Å². The van der Waals surface area contributed by atoms with E-state index in [0.717, 1.165) is 28.8 Å². The molecule has 2 rings (SSSR count). The van der Waals surface area contributed by atoms with E-state index in [1.165, 1.54) is 0 Å². The summed E-state index contributed by atoms with van der Waals surface area (Å²) in [7, 11) is 0. The van der Waals surface area contributed by atoms with Gasteiger partial charge in [-0.25, -0.2) is 9.97 Å². The largest absolute Gasteiger partial charge is 0.370 e. The van der Waals surface area contributed by atoms with Crippen LogP contribution in [0, 0.1) is 0 Å². The molecule has 0 spiro atoms. The first-order valence-corrected chi connectivity index (χ1v) is 6.50. The lowest BCUT2D eigenvalue weighted by Gasteiger charge is -2.05. The summed E-state index contributed by atoms with van der Waals surface area (Å²) in [4.78, 5) is 8.79. The van der Waals surface area contributed by atoms with E-state index >= 15 is 0 Å². The Morgan fingerprint density at radius 3 is 2.76 bits per heavy atom. The second kappa shape index (κ2) is 6.25. The summed E-state index contributed by atoms with van der Waals surface area (Å²) in [5, 5.41) is 5.20. The Morgan fingerprint density at radius 2 is 2.00 bits per heavy atom. The summed E-state index contributed by atoms with van der Waals surface area (Å²) in [6.45, 7) is 3.09. The van der Waals surface area contributed by atoms with Crippen LogP contribution in [0.3, 0.4) is 0 Å². The van der Waals surface area contributed by atoms with Crippen molar-refractivity contribution in [3.63, 3.8) is 0 Å². The third-order valence-corrected chi connectivity index (χ3v) is 3.01. The quantitative estimate of drug-likeness (QED) is 0.875. The monoisotopic (exact) mass is 245 g/mol. The van der Waals surface area contributed by atoms with Gasteiger partial charge in [-0.1, -0.05) is 30.8 Å². The number of pyridine rings is 2. The van der Waals surface area contributed by atoms with Gasteiger partial charge in [-0.05, 0) is 30.7 Å². The minimum atomic E-state index is 0.924. The zero-order valence-electron chi connectivity index (χ0n) is 9.76. The standard InChI is InChI=1S/C13H15N3S/c1-2-9-14-11-6-5-8-13(16-11)17-12-7-3-4-10-15-12/h3-8,10H,2,9H2,1H3,(H,14,16). The van der Waals surface area contributed by atoms with Gasteiger partial charge >= 0.3 is 0 Å². The fourth-order valence-corrected chi connectivity index (χ4v) is 2.10. The van der Waals surface area contributed by atoms with E-state index in [-0.39, 0.29) is 0 Å².